The number of carbonyl (C=O) groups is 4. The van der Waals surface area contributed by atoms with Crippen molar-refractivity contribution in [2.75, 3.05) is 25.5 Å². The number of likely N-dealkylation sites (tertiary alicyclic amines) is 1. The van der Waals surface area contributed by atoms with Crippen LogP contribution in [-0.2, 0) is 19.1 Å². The minimum absolute atomic E-state index is 0.0667. The van der Waals surface area contributed by atoms with Gasteiger partial charge in [0.15, 0.2) is 0 Å². The summed E-state index contributed by atoms with van der Waals surface area (Å²) in [5.41, 5.74) is -0.731. The van der Waals surface area contributed by atoms with Crippen molar-refractivity contribution in [3.05, 3.63) is 23.4 Å². The molecule has 12 heteroatoms. The number of pyridine rings is 1. The lowest BCUT2D eigenvalue weighted by molar-refractivity contribution is -0.137. The van der Waals surface area contributed by atoms with Crippen LogP contribution in [0.25, 0.3) is 0 Å². The molecule has 4 amide bonds. The first-order chi connectivity index (χ1) is 14.5. The Labute approximate surface area is 184 Å². The number of carbonyl (C=O) groups excluding carboxylic acids is 4. The van der Waals surface area contributed by atoms with Gasteiger partial charge >= 0.3 is 24.0 Å². The SMILES string of the molecule is COC(=O)N1CCC(NC(=O)C(=O)Nc2ccc(Cl)cn2)C(NC(=O)OC(C)(C)C)C1. The van der Waals surface area contributed by atoms with Gasteiger partial charge in [-0.3, -0.25) is 9.59 Å². The molecule has 1 aliphatic rings. The van der Waals surface area contributed by atoms with Gasteiger partial charge < -0.3 is 30.3 Å². The fourth-order valence-electron chi connectivity index (χ4n) is 2.88. The average Bonchev–Trinajstić information content (AvgIpc) is 2.68. The topological polar surface area (TPSA) is 139 Å². The van der Waals surface area contributed by atoms with Gasteiger partial charge in [0.05, 0.1) is 24.2 Å². The molecule has 11 nitrogen and oxygen atoms in total. The van der Waals surface area contributed by atoms with Crippen molar-refractivity contribution in [2.45, 2.75) is 44.9 Å². The molecule has 3 N–H and O–H groups in total. The van der Waals surface area contributed by atoms with E-state index in [4.69, 9.17) is 21.1 Å². The van der Waals surface area contributed by atoms with Gasteiger partial charge in [-0.2, -0.15) is 0 Å². The number of piperidine rings is 1. The highest BCUT2D eigenvalue weighted by atomic mass is 35.5. The molecule has 0 radical (unpaired) electrons. The van der Waals surface area contributed by atoms with E-state index in [1.54, 1.807) is 20.8 Å². The molecular weight excluding hydrogens is 430 g/mol. The van der Waals surface area contributed by atoms with Gasteiger partial charge in [-0.05, 0) is 39.3 Å². The molecular formula is C19H26ClN5O6. The second-order valence-corrected chi connectivity index (χ2v) is 8.29. The van der Waals surface area contributed by atoms with E-state index in [0.717, 1.165) is 0 Å². The predicted octanol–water partition coefficient (Wildman–Crippen LogP) is 1.52. The van der Waals surface area contributed by atoms with E-state index in [2.05, 4.69) is 20.9 Å². The number of nitrogens with zero attached hydrogens (tertiary/aromatic N) is 2. The zero-order valence-electron chi connectivity index (χ0n) is 17.7. The molecule has 1 aliphatic heterocycles. The highest BCUT2D eigenvalue weighted by Crippen LogP contribution is 2.15. The molecule has 0 aliphatic carbocycles. The number of rotatable bonds is 3. The molecule has 1 saturated heterocycles. The zero-order valence-corrected chi connectivity index (χ0v) is 18.5. The molecule has 1 fully saturated rings. The van der Waals surface area contributed by atoms with Crippen molar-refractivity contribution in [3.8, 4) is 0 Å². The van der Waals surface area contributed by atoms with Crippen molar-refractivity contribution >= 4 is 41.4 Å². The third-order valence-corrected chi connectivity index (χ3v) is 4.46. The Bertz CT molecular complexity index is 826. The van der Waals surface area contributed by atoms with E-state index in [-0.39, 0.29) is 25.3 Å². The maximum Gasteiger partial charge on any atom is 0.409 e. The molecule has 2 unspecified atom stereocenters. The Morgan fingerprint density at radius 3 is 2.42 bits per heavy atom. The number of amides is 4. The van der Waals surface area contributed by atoms with Crippen molar-refractivity contribution in [2.24, 2.45) is 0 Å². The Morgan fingerprint density at radius 1 is 1.13 bits per heavy atom. The molecule has 2 heterocycles. The van der Waals surface area contributed by atoms with E-state index >= 15 is 0 Å². The fraction of sp³-hybridized carbons (Fsp3) is 0.526. The van der Waals surface area contributed by atoms with Crippen LogP contribution in [-0.4, -0.2) is 71.8 Å². The lowest BCUT2D eigenvalue weighted by Gasteiger charge is -2.38. The number of ether oxygens (including phenoxy) is 2. The lowest BCUT2D eigenvalue weighted by Crippen LogP contribution is -2.62. The first-order valence-electron chi connectivity index (χ1n) is 9.54. The molecule has 2 atom stereocenters. The Balaban J connectivity index is 2.04. The van der Waals surface area contributed by atoms with Gasteiger partial charge in [-0.15, -0.1) is 0 Å². The number of anilines is 1. The van der Waals surface area contributed by atoms with Gasteiger partial charge in [-0.25, -0.2) is 14.6 Å². The average molecular weight is 456 g/mol. The summed E-state index contributed by atoms with van der Waals surface area (Å²) in [7, 11) is 1.25. The Hall–Kier alpha value is -3.08. The van der Waals surface area contributed by atoms with Gasteiger partial charge in [0.1, 0.15) is 11.4 Å². The van der Waals surface area contributed by atoms with Crippen LogP contribution in [0, 0.1) is 0 Å². The summed E-state index contributed by atoms with van der Waals surface area (Å²) in [6, 6.07) is 1.65. The Morgan fingerprint density at radius 2 is 1.84 bits per heavy atom. The van der Waals surface area contributed by atoms with Gasteiger partial charge in [0.2, 0.25) is 0 Å². The third-order valence-electron chi connectivity index (χ3n) is 4.24. The fourth-order valence-corrected chi connectivity index (χ4v) is 2.99. The van der Waals surface area contributed by atoms with Crippen LogP contribution < -0.4 is 16.0 Å². The molecule has 1 aromatic heterocycles. The quantitative estimate of drug-likeness (QED) is 0.587. The second kappa shape index (κ2) is 10.3. The highest BCUT2D eigenvalue weighted by molar-refractivity contribution is 6.39. The van der Waals surface area contributed by atoms with Crippen LogP contribution >= 0.6 is 11.6 Å². The summed E-state index contributed by atoms with van der Waals surface area (Å²) in [5.74, 6) is -1.68. The monoisotopic (exact) mass is 455 g/mol. The molecule has 0 spiro atoms. The van der Waals surface area contributed by atoms with Crippen LogP contribution in [0.1, 0.15) is 27.2 Å². The number of hydrogen-bond donors (Lipinski definition) is 3. The third kappa shape index (κ3) is 7.59. The minimum atomic E-state index is -0.929. The molecule has 1 aromatic rings. The van der Waals surface area contributed by atoms with Crippen LogP contribution in [0.2, 0.25) is 5.02 Å². The van der Waals surface area contributed by atoms with E-state index in [1.165, 1.54) is 30.3 Å². The van der Waals surface area contributed by atoms with Gasteiger partial charge in [-0.1, -0.05) is 11.6 Å². The lowest BCUT2D eigenvalue weighted by atomic mass is 9.99. The minimum Gasteiger partial charge on any atom is -0.453 e. The standard InChI is InChI=1S/C19H26ClN5O6/c1-19(2,3)31-17(28)23-13-10-25(18(29)30-4)8-7-12(13)22-15(26)16(27)24-14-6-5-11(20)9-21-14/h5-6,9,12-13H,7-8,10H2,1-4H3,(H,22,26)(H,23,28)(H,21,24,27). The molecule has 2 rings (SSSR count). The zero-order chi connectivity index (χ0) is 23.2. The summed E-state index contributed by atoms with van der Waals surface area (Å²) in [6.45, 7) is 5.47. The number of hydrogen-bond acceptors (Lipinski definition) is 7. The number of nitrogens with one attached hydrogen (secondary N) is 3. The van der Waals surface area contributed by atoms with E-state index in [0.29, 0.717) is 5.02 Å². The van der Waals surface area contributed by atoms with E-state index < -0.39 is 41.7 Å². The predicted molar refractivity (Wildman–Crippen MR) is 112 cm³/mol. The van der Waals surface area contributed by atoms with E-state index in [9.17, 15) is 19.2 Å². The number of alkyl carbamates (subject to hydrolysis) is 1. The molecule has 170 valence electrons. The van der Waals surface area contributed by atoms with Crippen molar-refractivity contribution in [1.82, 2.24) is 20.5 Å². The number of aromatic nitrogens is 1. The van der Waals surface area contributed by atoms with Crippen molar-refractivity contribution in [3.63, 3.8) is 0 Å². The van der Waals surface area contributed by atoms with Crippen LogP contribution in [0.5, 0.6) is 0 Å². The van der Waals surface area contributed by atoms with Crippen LogP contribution in [0.4, 0.5) is 15.4 Å². The smallest absolute Gasteiger partial charge is 0.409 e. The summed E-state index contributed by atoms with van der Waals surface area (Å²) >= 11 is 5.75. The van der Waals surface area contributed by atoms with Crippen molar-refractivity contribution in [1.29, 1.82) is 0 Å². The summed E-state index contributed by atoms with van der Waals surface area (Å²) in [6.07, 6.45) is 0.345. The maximum absolute atomic E-state index is 12.4. The summed E-state index contributed by atoms with van der Waals surface area (Å²) < 4.78 is 9.98. The first-order valence-corrected chi connectivity index (χ1v) is 9.92. The molecule has 0 bridgehead atoms. The van der Waals surface area contributed by atoms with E-state index in [1.807, 2.05) is 0 Å². The number of halogens is 1. The largest absolute Gasteiger partial charge is 0.453 e. The molecule has 31 heavy (non-hydrogen) atoms. The van der Waals surface area contributed by atoms with Crippen LogP contribution in [0.15, 0.2) is 18.3 Å². The maximum atomic E-state index is 12.4. The van der Waals surface area contributed by atoms with Crippen molar-refractivity contribution < 1.29 is 28.7 Å². The summed E-state index contributed by atoms with van der Waals surface area (Å²) in [5, 5.41) is 7.99. The highest BCUT2D eigenvalue weighted by Gasteiger charge is 2.35. The molecule has 0 aromatic carbocycles. The first kappa shape index (κ1) is 24.2. The molecule has 0 saturated carbocycles. The normalized spacial score (nSPS) is 18.5. The van der Waals surface area contributed by atoms with Gasteiger partial charge in [0.25, 0.3) is 0 Å². The Kier molecular flexibility index (Phi) is 8.03. The number of methoxy groups -OCH3 is 1. The second-order valence-electron chi connectivity index (χ2n) is 7.85. The van der Waals surface area contributed by atoms with Crippen LogP contribution in [0.3, 0.4) is 0 Å². The summed E-state index contributed by atoms with van der Waals surface area (Å²) in [4.78, 5) is 54.0. The van der Waals surface area contributed by atoms with Gasteiger partial charge in [0, 0.05) is 19.3 Å².